The van der Waals surface area contributed by atoms with Crippen LogP contribution in [0.3, 0.4) is 0 Å². The second-order valence-electron chi connectivity index (χ2n) is 7.22. The van der Waals surface area contributed by atoms with Crippen molar-refractivity contribution in [2.24, 2.45) is 0 Å². The lowest BCUT2D eigenvalue weighted by Crippen LogP contribution is -2.48. The summed E-state index contributed by atoms with van der Waals surface area (Å²) >= 11 is 0. The fraction of sp³-hybridized carbons (Fsp3) is 0.304. The molecule has 0 unspecified atom stereocenters. The number of nitriles is 1. The highest BCUT2D eigenvalue weighted by Crippen LogP contribution is 2.31. The first-order valence-corrected chi connectivity index (χ1v) is 10.1. The van der Waals surface area contributed by atoms with Crippen LogP contribution >= 0.6 is 0 Å². The molecule has 3 aromatic heterocycles. The third kappa shape index (κ3) is 4.20. The summed E-state index contributed by atoms with van der Waals surface area (Å²) in [5.41, 5.74) is 2.82. The number of rotatable bonds is 6. The predicted octanol–water partition coefficient (Wildman–Crippen LogP) is 1.57. The van der Waals surface area contributed by atoms with Gasteiger partial charge in [-0.15, -0.1) is 6.42 Å². The van der Waals surface area contributed by atoms with Gasteiger partial charge in [-0.2, -0.15) is 10.4 Å². The number of terminal acetylenes is 1. The molecule has 3 aromatic rings. The molecule has 32 heavy (non-hydrogen) atoms. The molecule has 0 atom stereocenters. The molecule has 162 valence electrons. The van der Waals surface area contributed by atoms with E-state index in [1.54, 1.807) is 28.9 Å². The van der Waals surface area contributed by atoms with Crippen LogP contribution in [-0.2, 0) is 9.53 Å². The molecule has 0 saturated carbocycles. The number of ether oxygens (including phenoxy) is 2. The summed E-state index contributed by atoms with van der Waals surface area (Å²) in [4.78, 5) is 20.1. The molecule has 1 saturated heterocycles. The van der Waals surface area contributed by atoms with Crippen LogP contribution in [0.15, 0.2) is 36.8 Å². The standard InChI is InChI=1S/C23H22N6O3/c1-3-22(30)28-8-6-27(7-9-28)21-5-4-17(14-25-21)20-12-19(32-11-10-31-2)16-29-23(20)18(13-24)15-26-29/h1,4-5,12,14-16H,6-11H2,2H3. The molecule has 1 aliphatic heterocycles. The van der Waals surface area contributed by atoms with E-state index in [0.29, 0.717) is 56.2 Å². The van der Waals surface area contributed by atoms with Crippen molar-refractivity contribution < 1.29 is 14.3 Å². The Hall–Kier alpha value is -4.08. The second-order valence-corrected chi connectivity index (χ2v) is 7.22. The van der Waals surface area contributed by atoms with E-state index in [-0.39, 0.29) is 5.91 Å². The monoisotopic (exact) mass is 430 g/mol. The molecule has 0 spiro atoms. The maximum atomic E-state index is 11.7. The maximum Gasteiger partial charge on any atom is 0.298 e. The van der Waals surface area contributed by atoms with Crippen molar-refractivity contribution >= 4 is 17.2 Å². The van der Waals surface area contributed by atoms with E-state index >= 15 is 0 Å². The van der Waals surface area contributed by atoms with Crippen molar-refractivity contribution in [3.8, 4) is 35.3 Å². The summed E-state index contributed by atoms with van der Waals surface area (Å²) in [6.07, 6.45) is 10.3. The number of methoxy groups -OCH3 is 1. The Morgan fingerprint density at radius 2 is 2.03 bits per heavy atom. The molecule has 0 bridgehead atoms. The molecule has 4 heterocycles. The number of nitrogens with zero attached hydrogens (tertiary/aromatic N) is 6. The number of anilines is 1. The Bertz CT molecular complexity index is 1200. The van der Waals surface area contributed by atoms with Gasteiger partial charge in [0.15, 0.2) is 0 Å². The van der Waals surface area contributed by atoms with Gasteiger partial charge in [0, 0.05) is 50.6 Å². The van der Waals surface area contributed by atoms with Crippen molar-refractivity contribution in [1.29, 1.82) is 5.26 Å². The first-order chi connectivity index (χ1) is 15.6. The van der Waals surface area contributed by atoms with E-state index in [1.807, 2.05) is 18.2 Å². The van der Waals surface area contributed by atoms with Crippen LogP contribution in [0.1, 0.15) is 5.56 Å². The van der Waals surface area contributed by atoms with Crippen LogP contribution in [-0.4, -0.2) is 71.9 Å². The molecule has 0 aliphatic carbocycles. The molecular weight excluding hydrogens is 408 g/mol. The molecule has 1 amide bonds. The predicted molar refractivity (Wildman–Crippen MR) is 118 cm³/mol. The quantitative estimate of drug-likeness (QED) is 0.433. The fourth-order valence-electron chi connectivity index (χ4n) is 3.68. The summed E-state index contributed by atoms with van der Waals surface area (Å²) in [7, 11) is 1.62. The number of fused-ring (bicyclic) bond motifs is 1. The van der Waals surface area contributed by atoms with Crippen molar-refractivity contribution in [2.45, 2.75) is 0 Å². The Balaban J connectivity index is 1.60. The average molecular weight is 430 g/mol. The zero-order chi connectivity index (χ0) is 22.5. The lowest BCUT2D eigenvalue weighted by atomic mass is 10.1. The van der Waals surface area contributed by atoms with Crippen molar-refractivity contribution in [3.63, 3.8) is 0 Å². The minimum absolute atomic E-state index is 0.279. The zero-order valence-electron chi connectivity index (χ0n) is 17.7. The Morgan fingerprint density at radius 3 is 2.69 bits per heavy atom. The molecule has 4 rings (SSSR count). The minimum atomic E-state index is -0.279. The van der Waals surface area contributed by atoms with Gasteiger partial charge in [-0.25, -0.2) is 9.50 Å². The molecule has 0 N–H and O–H groups in total. The summed E-state index contributed by atoms with van der Waals surface area (Å²) in [5.74, 6) is 3.32. The van der Waals surface area contributed by atoms with Gasteiger partial charge in [0.1, 0.15) is 24.2 Å². The Labute approximate surface area is 185 Å². The SMILES string of the molecule is C#CC(=O)N1CCN(c2ccc(-c3cc(OCCOC)cn4ncc(C#N)c34)cn2)CC1. The normalized spacial score (nSPS) is 13.6. The number of amides is 1. The molecular formula is C23H22N6O3. The molecule has 9 nitrogen and oxygen atoms in total. The lowest BCUT2D eigenvalue weighted by Gasteiger charge is -2.34. The maximum absolute atomic E-state index is 11.7. The highest BCUT2D eigenvalue weighted by atomic mass is 16.5. The number of aromatic nitrogens is 3. The van der Waals surface area contributed by atoms with Gasteiger partial charge in [0.25, 0.3) is 5.91 Å². The van der Waals surface area contributed by atoms with Crippen LogP contribution < -0.4 is 9.64 Å². The number of hydrogen-bond donors (Lipinski definition) is 0. The number of piperazine rings is 1. The largest absolute Gasteiger partial charge is 0.490 e. The van der Waals surface area contributed by atoms with Gasteiger partial charge in [-0.1, -0.05) is 0 Å². The topological polar surface area (TPSA) is 96.0 Å². The number of carbonyl (C=O) groups excluding carboxylic acids is 1. The fourth-order valence-corrected chi connectivity index (χ4v) is 3.68. The second kappa shape index (κ2) is 9.38. The highest BCUT2D eigenvalue weighted by Gasteiger charge is 2.21. The molecule has 1 aliphatic rings. The zero-order valence-corrected chi connectivity index (χ0v) is 17.7. The van der Waals surface area contributed by atoms with E-state index in [2.05, 4.69) is 27.0 Å². The van der Waals surface area contributed by atoms with Gasteiger partial charge < -0.3 is 19.3 Å². The van der Waals surface area contributed by atoms with Crippen LogP contribution in [0.25, 0.3) is 16.6 Å². The molecule has 0 radical (unpaired) electrons. The summed E-state index contributed by atoms with van der Waals surface area (Å²) in [5, 5.41) is 13.8. The third-order valence-electron chi connectivity index (χ3n) is 5.34. The van der Waals surface area contributed by atoms with Crippen LogP contribution in [0, 0.1) is 23.7 Å². The highest BCUT2D eigenvalue weighted by molar-refractivity contribution is 5.93. The lowest BCUT2D eigenvalue weighted by molar-refractivity contribution is -0.125. The van der Waals surface area contributed by atoms with E-state index in [4.69, 9.17) is 15.9 Å². The third-order valence-corrected chi connectivity index (χ3v) is 5.34. The van der Waals surface area contributed by atoms with Gasteiger partial charge in [-0.05, 0) is 24.1 Å². The summed E-state index contributed by atoms with van der Waals surface area (Å²) < 4.78 is 12.5. The van der Waals surface area contributed by atoms with Gasteiger partial charge in [0.05, 0.1) is 30.1 Å². The van der Waals surface area contributed by atoms with Gasteiger partial charge in [-0.3, -0.25) is 4.79 Å². The van der Waals surface area contributed by atoms with E-state index in [1.165, 1.54) is 6.20 Å². The minimum Gasteiger partial charge on any atom is -0.490 e. The number of pyridine rings is 2. The van der Waals surface area contributed by atoms with Crippen LogP contribution in [0.2, 0.25) is 0 Å². The van der Waals surface area contributed by atoms with E-state index in [9.17, 15) is 10.1 Å². The molecule has 0 aromatic carbocycles. The van der Waals surface area contributed by atoms with Gasteiger partial charge in [0.2, 0.25) is 0 Å². The summed E-state index contributed by atoms with van der Waals surface area (Å²) in [6, 6.07) is 7.98. The average Bonchev–Trinajstić information content (AvgIpc) is 3.26. The Kier molecular flexibility index (Phi) is 6.20. The van der Waals surface area contributed by atoms with Gasteiger partial charge >= 0.3 is 0 Å². The van der Waals surface area contributed by atoms with E-state index in [0.717, 1.165) is 16.9 Å². The first-order valence-electron chi connectivity index (χ1n) is 10.1. The van der Waals surface area contributed by atoms with E-state index < -0.39 is 0 Å². The Morgan fingerprint density at radius 1 is 1.22 bits per heavy atom. The van der Waals surface area contributed by atoms with Crippen molar-refractivity contribution in [3.05, 3.63) is 42.4 Å². The smallest absolute Gasteiger partial charge is 0.298 e. The van der Waals surface area contributed by atoms with Crippen LogP contribution in [0.4, 0.5) is 5.82 Å². The van der Waals surface area contributed by atoms with Crippen LogP contribution in [0.5, 0.6) is 5.75 Å². The number of carbonyl (C=O) groups is 1. The molecule has 1 fully saturated rings. The number of hydrogen-bond acceptors (Lipinski definition) is 7. The van der Waals surface area contributed by atoms with Crippen molar-refractivity contribution in [2.75, 3.05) is 51.4 Å². The van der Waals surface area contributed by atoms with Crippen molar-refractivity contribution in [1.82, 2.24) is 19.5 Å². The molecule has 9 heteroatoms. The summed E-state index contributed by atoms with van der Waals surface area (Å²) in [6.45, 7) is 3.32. The first kappa shape index (κ1) is 21.2.